The first-order valence-corrected chi connectivity index (χ1v) is 7.10. The number of carboxylic acid groups (broad SMARTS) is 1. The van der Waals surface area contributed by atoms with E-state index in [9.17, 15) is 14.7 Å². The lowest BCUT2D eigenvalue weighted by Gasteiger charge is -2.28. The Morgan fingerprint density at radius 3 is 2.35 bits per heavy atom. The van der Waals surface area contributed by atoms with Crippen molar-refractivity contribution in [2.24, 2.45) is 5.41 Å². The van der Waals surface area contributed by atoms with Gasteiger partial charge in [0.25, 0.3) is 0 Å². The van der Waals surface area contributed by atoms with Crippen molar-refractivity contribution in [2.45, 2.75) is 45.1 Å². The van der Waals surface area contributed by atoms with Gasteiger partial charge in [0.05, 0.1) is 0 Å². The Balaban J connectivity index is 1.87. The zero-order valence-corrected chi connectivity index (χ0v) is 11.6. The largest absolute Gasteiger partial charge is 0.550 e. The van der Waals surface area contributed by atoms with Crippen LogP contribution in [0.2, 0.25) is 0 Å². The third-order valence-electron chi connectivity index (χ3n) is 4.05. The molecule has 108 valence electrons. The van der Waals surface area contributed by atoms with Gasteiger partial charge in [-0.15, -0.1) is 0 Å². The second kappa shape index (κ2) is 6.55. The van der Waals surface area contributed by atoms with Crippen LogP contribution in [0.5, 0.6) is 0 Å². The first-order chi connectivity index (χ1) is 9.60. The summed E-state index contributed by atoms with van der Waals surface area (Å²) in [7, 11) is 0. The summed E-state index contributed by atoms with van der Waals surface area (Å²) < 4.78 is 0. The number of hydrogen-bond donors (Lipinski definition) is 1. The molecule has 4 heteroatoms. The third kappa shape index (κ3) is 4.08. The minimum absolute atomic E-state index is 0.00818. The van der Waals surface area contributed by atoms with E-state index in [1.54, 1.807) is 0 Å². The minimum atomic E-state index is -1.05. The molecule has 1 aliphatic carbocycles. The number of carbonyl (C=O) groups excluding carboxylic acids is 2. The fourth-order valence-electron chi connectivity index (χ4n) is 3.05. The van der Waals surface area contributed by atoms with Crippen molar-refractivity contribution in [2.75, 3.05) is 0 Å². The predicted molar refractivity (Wildman–Crippen MR) is 73.4 cm³/mol. The van der Waals surface area contributed by atoms with Crippen molar-refractivity contribution in [1.29, 1.82) is 0 Å². The predicted octanol–water partition coefficient (Wildman–Crippen LogP) is 1.39. The molecule has 1 amide bonds. The van der Waals surface area contributed by atoms with E-state index in [-0.39, 0.29) is 24.2 Å². The fraction of sp³-hybridized carbons (Fsp3) is 0.500. The fourth-order valence-corrected chi connectivity index (χ4v) is 3.05. The first kappa shape index (κ1) is 14.6. The normalized spacial score (nSPS) is 16.8. The molecule has 0 bridgehead atoms. The molecular weight excluding hydrogens is 254 g/mol. The van der Waals surface area contributed by atoms with Crippen LogP contribution in [0.3, 0.4) is 0 Å². The molecule has 20 heavy (non-hydrogen) atoms. The number of nitrogens with one attached hydrogen (secondary N) is 1. The molecule has 1 fully saturated rings. The molecule has 0 aromatic heterocycles. The summed E-state index contributed by atoms with van der Waals surface area (Å²) in [5, 5.41) is 13.8. The minimum Gasteiger partial charge on any atom is -0.550 e. The molecule has 0 saturated heterocycles. The van der Waals surface area contributed by atoms with Crippen LogP contribution in [-0.2, 0) is 16.1 Å². The molecule has 1 saturated carbocycles. The summed E-state index contributed by atoms with van der Waals surface area (Å²) in [5.41, 5.74) is 0.654. The van der Waals surface area contributed by atoms with E-state index in [1.807, 2.05) is 30.3 Å². The van der Waals surface area contributed by atoms with Gasteiger partial charge in [-0.3, -0.25) is 4.79 Å². The van der Waals surface area contributed by atoms with E-state index >= 15 is 0 Å². The van der Waals surface area contributed by atoms with Crippen LogP contribution >= 0.6 is 0 Å². The van der Waals surface area contributed by atoms with Crippen molar-refractivity contribution < 1.29 is 14.7 Å². The average Bonchev–Trinajstić information content (AvgIpc) is 2.85. The summed E-state index contributed by atoms with van der Waals surface area (Å²) >= 11 is 0. The number of carbonyl (C=O) groups is 2. The number of carboxylic acids is 1. The summed E-state index contributed by atoms with van der Waals surface area (Å²) in [6.07, 6.45) is 3.89. The van der Waals surface area contributed by atoms with Crippen molar-refractivity contribution in [3.05, 3.63) is 35.9 Å². The Morgan fingerprint density at radius 1 is 1.10 bits per heavy atom. The quantitative estimate of drug-likeness (QED) is 0.852. The molecular formula is C16H20NO3-. The summed E-state index contributed by atoms with van der Waals surface area (Å²) in [5.74, 6) is -1.13. The maximum absolute atomic E-state index is 12.0. The lowest BCUT2D eigenvalue weighted by molar-refractivity contribution is -0.308. The van der Waals surface area contributed by atoms with Crippen LogP contribution in [0.1, 0.15) is 44.1 Å². The topological polar surface area (TPSA) is 69.2 Å². The van der Waals surface area contributed by atoms with Gasteiger partial charge >= 0.3 is 0 Å². The average molecular weight is 274 g/mol. The van der Waals surface area contributed by atoms with Gasteiger partial charge in [-0.25, -0.2) is 0 Å². The molecule has 1 aromatic rings. The van der Waals surface area contributed by atoms with E-state index in [1.165, 1.54) is 0 Å². The number of rotatable bonds is 6. The zero-order valence-electron chi connectivity index (χ0n) is 11.6. The van der Waals surface area contributed by atoms with Crippen LogP contribution in [0, 0.1) is 5.41 Å². The van der Waals surface area contributed by atoms with Crippen molar-refractivity contribution in [3.8, 4) is 0 Å². The molecule has 0 heterocycles. The number of benzene rings is 1. The zero-order chi connectivity index (χ0) is 14.4. The van der Waals surface area contributed by atoms with E-state index in [0.29, 0.717) is 6.54 Å². The highest BCUT2D eigenvalue weighted by molar-refractivity contribution is 5.77. The van der Waals surface area contributed by atoms with E-state index in [0.717, 1.165) is 31.2 Å². The van der Waals surface area contributed by atoms with Gasteiger partial charge in [-0.2, -0.15) is 0 Å². The van der Waals surface area contributed by atoms with Gasteiger partial charge in [0, 0.05) is 18.9 Å². The van der Waals surface area contributed by atoms with Gasteiger partial charge in [0.15, 0.2) is 0 Å². The van der Waals surface area contributed by atoms with Crippen LogP contribution in [0.15, 0.2) is 30.3 Å². The Labute approximate surface area is 119 Å². The highest BCUT2D eigenvalue weighted by atomic mass is 16.4. The van der Waals surface area contributed by atoms with Crippen LogP contribution in [-0.4, -0.2) is 11.9 Å². The lowest BCUT2D eigenvalue weighted by Crippen LogP contribution is -2.35. The molecule has 0 unspecified atom stereocenters. The van der Waals surface area contributed by atoms with Crippen LogP contribution in [0.25, 0.3) is 0 Å². The maximum atomic E-state index is 12.0. The molecule has 1 N–H and O–H groups in total. The standard InChI is InChI=1S/C16H21NO3/c18-14(17-12-13-6-2-1-3-7-13)10-16(11-15(19)20)8-4-5-9-16/h1-3,6-7H,4-5,8-12H2,(H,17,18)(H,19,20)/p-1. The molecule has 0 radical (unpaired) electrons. The molecule has 4 nitrogen and oxygen atoms in total. The maximum Gasteiger partial charge on any atom is 0.220 e. The molecule has 1 aromatic carbocycles. The summed E-state index contributed by atoms with van der Waals surface area (Å²) in [4.78, 5) is 22.9. The lowest BCUT2D eigenvalue weighted by atomic mass is 9.79. The van der Waals surface area contributed by atoms with Gasteiger partial charge in [-0.05, 0) is 30.2 Å². The van der Waals surface area contributed by atoms with E-state index in [4.69, 9.17) is 0 Å². The molecule has 0 atom stereocenters. The highest BCUT2D eigenvalue weighted by Crippen LogP contribution is 2.43. The summed E-state index contributed by atoms with van der Waals surface area (Å²) in [6, 6.07) is 9.68. The number of hydrogen-bond acceptors (Lipinski definition) is 3. The number of aliphatic carboxylic acids is 1. The number of amides is 1. The Hall–Kier alpha value is -1.84. The second-order valence-corrected chi connectivity index (χ2v) is 5.69. The molecule has 2 rings (SSSR count). The van der Waals surface area contributed by atoms with Crippen LogP contribution in [0.4, 0.5) is 0 Å². The first-order valence-electron chi connectivity index (χ1n) is 7.10. The van der Waals surface area contributed by atoms with E-state index in [2.05, 4.69) is 5.32 Å². The summed E-state index contributed by atoms with van der Waals surface area (Å²) in [6.45, 7) is 0.487. The van der Waals surface area contributed by atoms with Crippen LogP contribution < -0.4 is 10.4 Å². The Bertz CT molecular complexity index is 464. The third-order valence-corrected chi connectivity index (χ3v) is 4.05. The molecule has 0 spiro atoms. The molecule has 1 aliphatic rings. The highest BCUT2D eigenvalue weighted by Gasteiger charge is 2.35. The van der Waals surface area contributed by atoms with Crippen molar-refractivity contribution in [1.82, 2.24) is 5.32 Å². The van der Waals surface area contributed by atoms with Crippen molar-refractivity contribution in [3.63, 3.8) is 0 Å². The van der Waals surface area contributed by atoms with E-state index < -0.39 is 5.97 Å². The van der Waals surface area contributed by atoms with Gasteiger partial charge in [0.1, 0.15) is 0 Å². The SMILES string of the molecule is O=C([O-])CC1(CC(=O)NCc2ccccc2)CCCC1. The second-order valence-electron chi connectivity index (χ2n) is 5.69. The smallest absolute Gasteiger partial charge is 0.220 e. The van der Waals surface area contributed by atoms with Crippen molar-refractivity contribution >= 4 is 11.9 Å². The van der Waals surface area contributed by atoms with Gasteiger partial charge in [-0.1, -0.05) is 43.2 Å². The Morgan fingerprint density at radius 2 is 1.75 bits per heavy atom. The Kier molecular flexibility index (Phi) is 4.77. The monoisotopic (exact) mass is 274 g/mol. The van der Waals surface area contributed by atoms with Gasteiger partial charge in [0.2, 0.25) is 5.91 Å². The van der Waals surface area contributed by atoms with Gasteiger partial charge < -0.3 is 15.2 Å². The molecule has 0 aliphatic heterocycles.